The van der Waals surface area contributed by atoms with Crippen LogP contribution in [0.3, 0.4) is 0 Å². The minimum absolute atomic E-state index is 0.0231. The Morgan fingerprint density at radius 1 is 1.19 bits per heavy atom. The molecule has 0 fully saturated rings. The van der Waals surface area contributed by atoms with Gasteiger partial charge in [0.25, 0.3) is 0 Å². The van der Waals surface area contributed by atoms with Crippen LogP contribution in [0.4, 0.5) is 13.2 Å². The van der Waals surface area contributed by atoms with Crippen LogP contribution >= 0.6 is 0 Å². The number of methoxy groups -OCH3 is 1. The van der Waals surface area contributed by atoms with E-state index in [9.17, 15) is 13.2 Å². The number of ether oxygens (including phenoxy) is 1. The summed E-state index contributed by atoms with van der Waals surface area (Å²) in [5.74, 6) is 0.155. The Hall–Kier alpha value is -1.23. The molecule has 1 aromatic rings. The van der Waals surface area contributed by atoms with Crippen molar-refractivity contribution in [1.29, 1.82) is 0 Å². The average Bonchev–Trinajstić information content (AvgIpc) is 2.13. The highest BCUT2D eigenvalue weighted by atomic mass is 19.4. The maximum atomic E-state index is 12.8. The quantitative estimate of drug-likeness (QED) is 0.852. The van der Waals surface area contributed by atoms with E-state index in [0.29, 0.717) is 0 Å². The van der Waals surface area contributed by atoms with Crippen LogP contribution in [0.25, 0.3) is 0 Å². The molecule has 0 aliphatic heterocycles. The maximum Gasteiger partial charge on any atom is 0.416 e. The number of benzene rings is 1. The Morgan fingerprint density at radius 2 is 1.75 bits per heavy atom. The number of nitrogens with two attached hydrogens (primary N) is 1. The molecule has 0 saturated carbocycles. The summed E-state index contributed by atoms with van der Waals surface area (Å²) in [4.78, 5) is 0. The molecule has 0 atom stereocenters. The molecule has 0 aliphatic carbocycles. The summed E-state index contributed by atoms with van der Waals surface area (Å²) in [6.45, 7) is 3.03. The third kappa shape index (κ3) is 2.47. The summed E-state index contributed by atoms with van der Waals surface area (Å²) < 4.78 is 43.3. The van der Waals surface area contributed by atoms with Gasteiger partial charge in [0, 0.05) is 11.1 Å². The molecule has 0 unspecified atom stereocenters. The van der Waals surface area contributed by atoms with Crippen molar-refractivity contribution in [3.8, 4) is 5.75 Å². The predicted molar refractivity (Wildman–Crippen MR) is 55.2 cm³/mol. The van der Waals surface area contributed by atoms with Gasteiger partial charge in [-0.3, -0.25) is 0 Å². The molecule has 0 bridgehead atoms. The molecule has 0 saturated heterocycles. The molecule has 0 amide bonds. The molecule has 1 rings (SSSR count). The molecule has 2 N–H and O–H groups in total. The molecule has 2 nitrogen and oxygen atoms in total. The predicted octanol–water partition coefficient (Wildman–Crippen LogP) is 2.91. The van der Waals surface area contributed by atoms with Gasteiger partial charge in [-0.2, -0.15) is 13.2 Å². The molecule has 0 radical (unpaired) electrons. The normalized spacial score (nSPS) is 12.7. The standard InChI is InChI=1S/C11H14F3NO/c1-10(2,15)9-7(11(12,13)14)5-4-6-8(9)16-3/h4-6H,15H2,1-3H3. The third-order valence-electron chi connectivity index (χ3n) is 2.20. The smallest absolute Gasteiger partial charge is 0.416 e. The van der Waals surface area contributed by atoms with Crippen molar-refractivity contribution in [2.24, 2.45) is 5.73 Å². The van der Waals surface area contributed by atoms with Crippen LogP contribution in [0.15, 0.2) is 18.2 Å². The average molecular weight is 233 g/mol. The molecule has 0 aliphatic rings. The van der Waals surface area contributed by atoms with Crippen LogP contribution in [-0.2, 0) is 11.7 Å². The lowest BCUT2D eigenvalue weighted by atomic mass is 9.89. The molecule has 0 aromatic heterocycles. The van der Waals surface area contributed by atoms with E-state index in [4.69, 9.17) is 10.5 Å². The minimum Gasteiger partial charge on any atom is -0.496 e. The fraction of sp³-hybridized carbons (Fsp3) is 0.455. The molecular weight excluding hydrogens is 219 g/mol. The van der Waals surface area contributed by atoms with E-state index in [1.165, 1.54) is 33.1 Å². The van der Waals surface area contributed by atoms with Gasteiger partial charge in [-0.05, 0) is 26.0 Å². The first-order chi connectivity index (χ1) is 7.18. The van der Waals surface area contributed by atoms with Crippen molar-refractivity contribution < 1.29 is 17.9 Å². The lowest BCUT2D eigenvalue weighted by Gasteiger charge is -2.26. The molecule has 0 heterocycles. The summed E-state index contributed by atoms with van der Waals surface area (Å²) in [6.07, 6.45) is -4.43. The van der Waals surface area contributed by atoms with Crippen LogP contribution in [0.5, 0.6) is 5.75 Å². The van der Waals surface area contributed by atoms with E-state index in [1.54, 1.807) is 0 Å². The molecule has 16 heavy (non-hydrogen) atoms. The van der Waals surface area contributed by atoms with E-state index in [2.05, 4.69) is 0 Å². The number of rotatable bonds is 2. The van der Waals surface area contributed by atoms with Crippen molar-refractivity contribution in [2.75, 3.05) is 7.11 Å². The lowest BCUT2D eigenvalue weighted by Crippen LogP contribution is -2.32. The summed E-state index contributed by atoms with van der Waals surface area (Å²) >= 11 is 0. The molecule has 0 spiro atoms. The van der Waals surface area contributed by atoms with Gasteiger partial charge in [0.2, 0.25) is 0 Å². The van der Waals surface area contributed by atoms with Crippen LogP contribution in [0.1, 0.15) is 25.0 Å². The first-order valence-corrected chi connectivity index (χ1v) is 4.71. The summed E-state index contributed by atoms with van der Waals surface area (Å²) in [7, 11) is 1.32. The number of hydrogen-bond donors (Lipinski definition) is 1. The topological polar surface area (TPSA) is 35.2 Å². The Morgan fingerprint density at radius 3 is 2.12 bits per heavy atom. The SMILES string of the molecule is COc1cccc(C(F)(F)F)c1C(C)(C)N. The van der Waals surface area contributed by atoms with Gasteiger partial charge in [-0.15, -0.1) is 0 Å². The van der Waals surface area contributed by atoms with Crippen molar-refractivity contribution >= 4 is 0 Å². The second kappa shape index (κ2) is 3.97. The van der Waals surface area contributed by atoms with Gasteiger partial charge >= 0.3 is 6.18 Å². The summed E-state index contributed by atoms with van der Waals surface area (Å²) in [6, 6.07) is 3.78. The van der Waals surface area contributed by atoms with E-state index < -0.39 is 17.3 Å². The zero-order chi connectivity index (χ0) is 12.6. The van der Waals surface area contributed by atoms with Gasteiger partial charge in [-0.1, -0.05) is 6.07 Å². The number of halogens is 3. The second-order valence-corrected chi connectivity index (χ2v) is 4.10. The fourth-order valence-corrected chi connectivity index (χ4v) is 1.60. The van der Waals surface area contributed by atoms with Crippen molar-refractivity contribution in [2.45, 2.75) is 25.6 Å². The van der Waals surface area contributed by atoms with Crippen molar-refractivity contribution in [1.82, 2.24) is 0 Å². The first kappa shape index (κ1) is 12.8. The van der Waals surface area contributed by atoms with Gasteiger partial charge in [0.1, 0.15) is 5.75 Å². The van der Waals surface area contributed by atoms with Gasteiger partial charge in [0.15, 0.2) is 0 Å². The van der Waals surface area contributed by atoms with E-state index >= 15 is 0 Å². The third-order valence-corrected chi connectivity index (χ3v) is 2.20. The van der Waals surface area contributed by atoms with Gasteiger partial charge < -0.3 is 10.5 Å². The monoisotopic (exact) mass is 233 g/mol. The van der Waals surface area contributed by atoms with E-state index in [-0.39, 0.29) is 11.3 Å². The molecular formula is C11H14F3NO. The largest absolute Gasteiger partial charge is 0.496 e. The maximum absolute atomic E-state index is 12.8. The molecule has 1 aromatic carbocycles. The highest BCUT2D eigenvalue weighted by Gasteiger charge is 2.38. The Kier molecular flexibility index (Phi) is 3.19. The van der Waals surface area contributed by atoms with Crippen molar-refractivity contribution in [3.05, 3.63) is 29.3 Å². The summed E-state index contributed by atoms with van der Waals surface area (Å²) in [5.41, 5.74) is 3.86. The van der Waals surface area contributed by atoms with Gasteiger partial charge in [-0.25, -0.2) is 0 Å². The second-order valence-electron chi connectivity index (χ2n) is 4.10. The molecule has 5 heteroatoms. The highest BCUT2D eigenvalue weighted by Crippen LogP contribution is 2.40. The highest BCUT2D eigenvalue weighted by molar-refractivity contribution is 5.45. The Labute approximate surface area is 92.2 Å². The lowest BCUT2D eigenvalue weighted by molar-refractivity contribution is -0.138. The Balaban J connectivity index is 3.51. The Bertz CT molecular complexity index is 380. The minimum atomic E-state index is -4.43. The van der Waals surface area contributed by atoms with E-state index in [0.717, 1.165) is 6.07 Å². The molecule has 90 valence electrons. The van der Waals surface area contributed by atoms with Gasteiger partial charge in [0.05, 0.1) is 12.7 Å². The first-order valence-electron chi connectivity index (χ1n) is 4.71. The fourth-order valence-electron chi connectivity index (χ4n) is 1.60. The zero-order valence-electron chi connectivity index (χ0n) is 9.35. The van der Waals surface area contributed by atoms with Crippen LogP contribution in [0, 0.1) is 0 Å². The van der Waals surface area contributed by atoms with Crippen LogP contribution in [0.2, 0.25) is 0 Å². The van der Waals surface area contributed by atoms with Crippen LogP contribution < -0.4 is 10.5 Å². The van der Waals surface area contributed by atoms with Crippen molar-refractivity contribution in [3.63, 3.8) is 0 Å². The van der Waals surface area contributed by atoms with E-state index in [1.807, 2.05) is 0 Å². The number of alkyl halides is 3. The number of hydrogen-bond acceptors (Lipinski definition) is 2. The van der Waals surface area contributed by atoms with Crippen LogP contribution in [-0.4, -0.2) is 7.11 Å². The zero-order valence-corrected chi connectivity index (χ0v) is 9.35. The summed E-state index contributed by atoms with van der Waals surface area (Å²) in [5, 5.41) is 0.